The van der Waals surface area contributed by atoms with Crippen LogP contribution in [0.2, 0.25) is 0 Å². The molecule has 0 aliphatic rings. The van der Waals surface area contributed by atoms with E-state index in [1.165, 1.54) is 18.2 Å². The molecule has 19 heavy (non-hydrogen) atoms. The molecule has 0 radical (unpaired) electrons. The first-order valence-electron chi connectivity index (χ1n) is 5.88. The fourth-order valence-electron chi connectivity index (χ4n) is 1.57. The van der Waals surface area contributed by atoms with Crippen LogP contribution in [0.4, 0.5) is 0 Å². The summed E-state index contributed by atoms with van der Waals surface area (Å²) in [5, 5.41) is 9.15. The lowest BCUT2D eigenvalue weighted by molar-refractivity contribution is 0.104. The number of carbonyl (C=O) groups is 1. The lowest BCUT2D eigenvalue weighted by Crippen LogP contribution is -1.93. The quantitative estimate of drug-likeness (QED) is 0.512. The number of ketones is 1. The van der Waals surface area contributed by atoms with Crippen molar-refractivity contribution in [3.05, 3.63) is 71.7 Å². The average molecular weight is 254 g/mol. The fraction of sp³-hybridized carbons (Fsp3) is 0.0625. The Morgan fingerprint density at radius 3 is 2.53 bits per heavy atom. The SMILES string of the molecule is CC(/C=C/C(=O)c1ccc(O)cc1)=C\c1ccco1. The van der Waals surface area contributed by atoms with Crippen molar-refractivity contribution >= 4 is 11.9 Å². The van der Waals surface area contributed by atoms with Crippen LogP contribution in [0.25, 0.3) is 6.08 Å². The molecule has 0 bridgehead atoms. The van der Waals surface area contributed by atoms with Crippen LogP contribution in [0.3, 0.4) is 0 Å². The molecule has 3 nitrogen and oxygen atoms in total. The molecule has 1 aromatic heterocycles. The standard InChI is InChI=1S/C16H14O3/c1-12(11-15-3-2-10-19-15)4-9-16(18)13-5-7-14(17)8-6-13/h2-11,17H,1H3/b9-4+,12-11+. The Morgan fingerprint density at radius 1 is 1.16 bits per heavy atom. The van der Waals surface area contributed by atoms with Crippen LogP contribution in [0, 0.1) is 0 Å². The third-order valence-electron chi connectivity index (χ3n) is 2.56. The molecule has 2 rings (SSSR count). The molecule has 1 heterocycles. The topological polar surface area (TPSA) is 50.4 Å². The zero-order chi connectivity index (χ0) is 13.7. The largest absolute Gasteiger partial charge is 0.508 e. The molecular formula is C16H14O3. The summed E-state index contributed by atoms with van der Waals surface area (Å²) in [5.41, 5.74) is 1.46. The van der Waals surface area contributed by atoms with E-state index in [-0.39, 0.29) is 11.5 Å². The van der Waals surface area contributed by atoms with Crippen molar-refractivity contribution in [2.45, 2.75) is 6.92 Å². The van der Waals surface area contributed by atoms with E-state index in [9.17, 15) is 4.79 Å². The first-order valence-corrected chi connectivity index (χ1v) is 5.88. The van der Waals surface area contributed by atoms with Gasteiger partial charge in [-0.2, -0.15) is 0 Å². The highest BCUT2D eigenvalue weighted by molar-refractivity contribution is 6.04. The highest BCUT2D eigenvalue weighted by Gasteiger charge is 2.01. The number of furan rings is 1. The second-order valence-corrected chi connectivity index (χ2v) is 4.15. The first-order chi connectivity index (χ1) is 9.15. The van der Waals surface area contributed by atoms with E-state index >= 15 is 0 Å². The Balaban J connectivity index is 2.06. The number of phenolic OH excluding ortho intramolecular Hbond substituents is 1. The van der Waals surface area contributed by atoms with E-state index < -0.39 is 0 Å². The molecule has 0 spiro atoms. The number of aromatic hydroxyl groups is 1. The number of hydrogen-bond acceptors (Lipinski definition) is 3. The van der Waals surface area contributed by atoms with Crippen LogP contribution in [-0.2, 0) is 0 Å². The van der Waals surface area contributed by atoms with E-state index in [0.717, 1.165) is 11.3 Å². The molecule has 96 valence electrons. The Kier molecular flexibility index (Phi) is 3.98. The molecule has 2 aromatic rings. The Hall–Kier alpha value is -2.55. The van der Waals surface area contributed by atoms with Crippen LogP contribution in [-0.4, -0.2) is 10.9 Å². The van der Waals surface area contributed by atoms with Gasteiger partial charge < -0.3 is 9.52 Å². The molecular weight excluding hydrogens is 240 g/mol. The molecule has 0 atom stereocenters. The zero-order valence-electron chi connectivity index (χ0n) is 10.5. The number of phenols is 1. The van der Waals surface area contributed by atoms with E-state index in [1.54, 1.807) is 24.5 Å². The maximum atomic E-state index is 11.8. The van der Waals surface area contributed by atoms with Crippen LogP contribution < -0.4 is 0 Å². The summed E-state index contributed by atoms with van der Waals surface area (Å²) < 4.78 is 5.19. The minimum Gasteiger partial charge on any atom is -0.508 e. The van der Waals surface area contributed by atoms with Gasteiger partial charge >= 0.3 is 0 Å². The summed E-state index contributed by atoms with van der Waals surface area (Å²) >= 11 is 0. The van der Waals surface area contributed by atoms with Gasteiger partial charge in [-0.15, -0.1) is 0 Å². The highest BCUT2D eigenvalue weighted by atomic mass is 16.3. The van der Waals surface area contributed by atoms with Gasteiger partial charge in [-0.1, -0.05) is 6.08 Å². The lowest BCUT2D eigenvalue weighted by Gasteiger charge is -1.96. The smallest absolute Gasteiger partial charge is 0.185 e. The van der Waals surface area contributed by atoms with Crippen molar-refractivity contribution in [1.82, 2.24) is 0 Å². The average Bonchev–Trinajstić information content (AvgIpc) is 2.89. The van der Waals surface area contributed by atoms with E-state index in [4.69, 9.17) is 9.52 Å². The van der Waals surface area contributed by atoms with Gasteiger partial charge in [-0.25, -0.2) is 0 Å². The summed E-state index contributed by atoms with van der Waals surface area (Å²) in [4.78, 5) is 11.8. The second kappa shape index (κ2) is 5.87. The van der Waals surface area contributed by atoms with Gasteiger partial charge in [0, 0.05) is 5.56 Å². The van der Waals surface area contributed by atoms with Crippen molar-refractivity contribution in [2.75, 3.05) is 0 Å². The summed E-state index contributed by atoms with van der Waals surface area (Å²) in [7, 11) is 0. The molecule has 3 heteroatoms. The van der Waals surface area contributed by atoms with Gasteiger partial charge in [0.15, 0.2) is 5.78 Å². The third-order valence-corrected chi connectivity index (χ3v) is 2.56. The van der Waals surface area contributed by atoms with Crippen molar-refractivity contribution in [3.8, 4) is 5.75 Å². The molecule has 0 saturated heterocycles. The highest BCUT2D eigenvalue weighted by Crippen LogP contribution is 2.12. The molecule has 1 N–H and O–H groups in total. The van der Waals surface area contributed by atoms with E-state index in [2.05, 4.69) is 0 Å². The van der Waals surface area contributed by atoms with Crippen LogP contribution in [0.1, 0.15) is 23.0 Å². The van der Waals surface area contributed by atoms with Gasteiger partial charge in [0.05, 0.1) is 6.26 Å². The van der Waals surface area contributed by atoms with Crippen molar-refractivity contribution in [1.29, 1.82) is 0 Å². The van der Waals surface area contributed by atoms with Gasteiger partial charge in [0.25, 0.3) is 0 Å². The maximum absolute atomic E-state index is 11.8. The number of hydrogen-bond donors (Lipinski definition) is 1. The van der Waals surface area contributed by atoms with Gasteiger partial charge in [-0.05, 0) is 61.0 Å². The molecule has 0 fully saturated rings. The molecule has 0 amide bonds. The van der Waals surface area contributed by atoms with E-state index in [1.807, 2.05) is 25.1 Å². The Bertz CT molecular complexity index is 602. The fourth-order valence-corrected chi connectivity index (χ4v) is 1.57. The van der Waals surface area contributed by atoms with E-state index in [0.29, 0.717) is 5.56 Å². The minimum absolute atomic E-state index is 0.104. The van der Waals surface area contributed by atoms with Crippen LogP contribution in [0.15, 0.2) is 64.8 Å². The lowest BCUT2D eigenvalue weighted by atomic mass is 10.1. The number of benzene rings is 1. The third kappa shape index (κ3) is 3.71. The summed E-state index contributed by atoms with van der Waals surface area (Å²) in [6, 6.07) is 9.82. The van der Waals surface area contributed by atoms with Crippen LogP contribution >= 0.6 is 0 Å². The molecule has 0 aliphatic carbocycles. The summed E-state index contributed by atoms with van der Waals surface area (Å²) in [6.45, 7) is 1.89. The van der Waals surface area contributed by atoms with Gasteiger partial charge in [0.2, 0.25) is 0 Å². The molecule has 1 aromatic carbocycles. The molecule has 0 saturated carbocycles. The summed E-state index contributed by atoms with van der Waals surface area (Å²) in [5.74, 6) is 0.792. The predicted molar refractivity (Wildman–Crippen MR) is 73.9 cm³/mol. The molecule has 0 unspecified atom stereocenters. The normalized spacial score (nSPS) is 11.9. The second-order valence-electron chi connectivity index (χ2n) is 4.15. The Morgan fingerprint density at radius 2 is 1.89 bits per heavy atom. The van der Waals surface area contributed by atoms with Crippen molar-refractivity contribution in [3.63, 3.8) is 0 Å². The maximum Gasteiger partial charge on any atom is 0.185 e. The number of rotatable bonds is 4. The monoisotopic (exact) mass is 254 g/mol. The van der Waals surface area contributed by atoms with Crippen molar-refractivity contribution in [2.24, 2.45) is 0 Å². The first kappa shape index (κ1) is 12.9. The Labute approximate surface area is 111 Å². The summed E-state index contributed by atoms with van der Waals surface area (Å²) in [6.07, 6.45) is 6.68. The number of allylic oxidation sites excluding steroid dienone is 3. The van der Waals surface area contributed by atoms with Gasteiger partial charge in [-0.3, -0.25) is 4.79 Å². The minimum atomic E-state index is -0.104. The predicted octanol–water partition coefficient (Wildman–Crippen LogP) is 3.83. The number of carbonyl (C=O) groups excluding carboxylic acids is 1. The zero-order valence-corrected chi connectivity index (χ0v) is 10.5. The van der Waals surface area contributed by atoms with Crippen molar-refractivity contribution < 1.29 is 14.3 Å². The van der Waals surface area contributed by atoms with Gasteiger partial charge in [0.1, 0.15) is 11.5 Å². The molecule has 0 aliphatic heterocycles. The van der Waals surface area contributed by atoms with Crippen LogP contribution in [0.5, 0.6) is 5.75 Å².